The van der Waals surface area contributed by atoms with Gasteiger partial charge in [-0.1, -0.05) is 40.6 Å². The van der Waals surface area contributed by atoms with Crippen molar-refractivity contribution in [3.8, 4) is 11.4 Å². The fourth-order valence-corrected chi connectivity index (χ4v) is 3.75. The zero-order chi connectivity index (χ0) is 18.8. The number of carbonyl (C=O) groups excluding carboxylic acids is 1. The molecule has 3 aromatic rings. The van der Waals surface area contributed by atoms with Crippen LogP contribution in [0.2, 0.25) is 0 Å². The standard InChI is InChI=1S/C20H22N4O3/c1-13-19(14(2)26-22-13)16-9-6-12-24(16)18(25)11-10-17-21-20(23-27-17)15-7-4-3-5-8-15/h3-5,7-8,16H,6,9-12H2,1-2H3. The van der Waals surface area contributed by atoms with Gasteiger partial charge in [-0.3, -0.25) is 4.79 Å². The van der Waals surface area contributed by atoms with Crippen LogP contribution in [0, 0.1) is 13.8 Å². The highest BCUT2D eigenvalue weighted by Gasteiger charge is 2.33. The van der Waals surface area contributed by atoms with Gasteiger partial charge in [0.05, 0.1) is 11.7 Å². The molecule has 2 aromatic heterocycles. The summed E-state index contributed by atoms with van der Waals surface area (Å²) in [6.45, 7) is 4.59. The van der Waals surface area contributed by atoms with E-state index in [4.69, 9.17) is 9.05 Å². The molecule has 7 nitrogen and oxygen atoms in total. The Labute approximate surface area is 157 Å². The Morgan fingerprint density at radius 2 is 2.00 bits per heavy atom. The van der Waals surface area contributed by atoms with Crippen molar-refractivity contribution in [1.82, 2.24) is 20.2 Å². The lowest BCUT2D eigenvalue weighted by Crippen LogP contribution is -2.31. The summed E-state index contributed by atoms with van der Waals surface area (Å²) >= 11 is 0. The van der Waals surface area contributed by atoms with Crippen molar-refractivity contribution >= 4 is 5.91 Å². The fraction of sp³-hybridized carbons (Fsp3) is 0.400. The van der Waals surface area contributed by atoms with Crippen LogP contribution in [0.15, 0.2) is 39.4 Å². The first-order chi connectivity index (χ1) is 13.1. The first kappa shape index (κ1) is 17.5. The first-order valence-electron chi connectivity index (χ1n) is 9.23. The number of nitrogens with zero attached hydrogens (tertiary/aromatic N) is 4. The van der Waals surface area contributed by atoms with Crippen molar-refractivity contribution < 1.29 is 13.8 Å². The summed E-state index contributed by atoms with van der Waals surface area (Å²) in [5.41, 5.74) is 2.81. The third kappa shape index (κ3) is 3.49. The van der Waals surface area contributed by atoms with Gasteiger partial charge in [-0.05, 0) is 26.7 Å². The molecular formula is C20H22N4O3. The Kier molecular flexibility index (Phi) is 4.75. The van der Waals surface area contributed by atoms with Gasteiger partial charge in [-0.2, -0.15) is 4.98 Å². The molecule has 4 rings (SSSR count). The van der Waals surface area contributed by atoms with Crippen LogP contribution in [0.5, 0.6) is 0 Å². The van der Waals surface area contributed by atoms with Crippen LogP contribution in [0.3, 0.4) is 0 Å². The molecule has 0 bridgehead atoms. The van der Waals surface area contributed by atoms with E-state index in [0.717, 1.165) is 42.0 Å². The number of carbonyl (C=O) groups is 1. The molecule has 7 heteroatoms. The average molecular weight is 366 g/mol. The van der Waals surface area contributed by atoms with Crippen LogP contribution in [-0.4, -0.2) is 32.6 Å². The molecular weight excluding hydrogens is 344 g/mol. The molecule has 1 unspecified atom stereocenters. The number of likely N-dealkylation sites (tertiary alicyclic amines) is 1. The van der Waals surface area contributed by atoms with E-state index in [2.05, 4.69) is 15.3 Å². The lowest BCUT2D eigenvalue weighted by molar-refractivity contribution is -0.132. The second-order valence-electron chi connectivity index (χ2n) is 6.86. The van der Waals surface area contributed by atoms with Crippen LogP contribution in [-0.2, 0) is 11.2 Å². The van der Waals surface area contributed by atoms with Crippen molar-refractivity contribution in [3.63, 3.8) is 0 Å². The van der Waals surface area contributed by atoms with Crippen LogP contribution in [0.1, 0.15) is 48.2 Å². The van der Waals surface area contributed by atoms with Gasteiger partial charge in [0.1, 0.15) is 5.76 Å². The summed E-state index contributed by atoms with van der Waals surface area (Å²) in [5.74, 6) is 1.92. The highest BCUT2D eigenvalue weighted by molar-refractivity contribution is 5.77. The summed E-state index contributed by atoms with van der Waals surface area (Å²) in [6.07, 6.45) is 2.70. The molecule has 1 amide bonds. The topological polar surface area (TPSA) is 85.3 Å². The molecule has 1 atom stereocenters. The van der Waals surface area contributed by atoms with Crippen molar-refractivity contribution in [2.45, 2.75) is 45.6 Å². The second-order valence-corrected chi connectivity index (χ2v) is 6.86. The minimum Gasteiger partial charge on any atom is -0.361 e. The molecule has 0 aliphatic carbocycles. The Hall–Kier alpha value is -2.96. The molecule has 0 spiro atoms. The van der Waals surface area contributed by atoms with Gasteiger partial charge >= 0.3 is 0 Å². The number of rotatable bonds is 5. The van der Waals surface area contributed by atoms with Crippen molar-refractivity contribution in [1.29, 1.82) is 0 Å². The van der Waals surface area contributed by atoms with Crippen LogP contribution in [0.4, 0.5) is 0 Å². The van der Waals surface area contributed by atoms with E-state index in [1.165, 1.54) is 0 Å². The van der Waals surface area contributed by atoms with E-state index in [1.54, 1.807) is 0 Å². The summed E-state index contributed by atoms with van der Waals surface area (Å²) in [6, 6.07) is 9.70. The van der Waals surface area contributed by atoms with Crippen molar-refractivity contribution in [2.75, 3.05) is 6.54 Å². The van der Waals surface area contributed by atoms with Gasteiger partial charge in [0.25, 0.3) is 0 Å². The molecule has 0 N–H and O–H groups in total. The number of hydrogen-bond acceptors (Lipinski definition) is 6. The highest BCUT2D eigenvalue weighted by Crippen LogP contribution is 2.36. The van der Waals surface area contributed by atoms with Gasteiger partial charge in [0.15, 0.2) is 0 Å². The molecule has 1 aromatic carbocycles. The number of aryl methyl sites for hydroxylation is 3. The largest absolute Gasteiger partial charge is 0.361 e. The molecule has 3 heterocycles. The predicted molar refractivity (Wildman–Crippen MR) is 97.7 cm³/mol. The van der Waals surface area contributed by atoms with E-state index in [9.17, 15) is 4.79 Å². The average Bonchev–Trinajstić information content (AvgIpc) is 3.41. The van der Waals surface area contributed by atoms with Gasteiger partial charge in [-0.15, -0.1) is 0 Å². The van der Waals surface area contributed by atoms with Gasteiger partial charge in [0.2, 0.25) is 17.6 Å². The predicted octanol–water partition coefficient (Wildman–Crippen LogP) is 3.64. The Morgan fingerprint density at radius 1 is 1.19 bits per heavy atom. The molecule has 1 aliphatic heterocycles. The Balaban J connectivity index is 1.41. The van der Waals surface area contributed by atoms with Gasteiger partial charge in [0, 0.05) is 30.5 Å². The van der Waals surface area contributed by atoms with Crippen molar-refractivity contribution in [2.24, 2.45) is 0 Å². The number of aromatic nitrogens is 3. The minimum atomic E-state index is 0.0475. The molecule has 1 fully saturated rings. The third-order valence-electron chi connectivity index (χ3n) is 5.05. The van der Waals surface area contributed by atoms with E-state index in [1.807, 2.05) is 49.1 Å². The Morgan fingerprint density at radius 3 is 2.74 bits per heavy atom. The number of benzene rings is 1. The molecule has 0 radical (unpaired) electrons. The molecule has 0 saturated carbocycles. The van der Waals surface area contributed by atoms with E-state index in [0.29, 0.717) is 24.6 Å². The third-order valence-corrected chi connectivity index (χ3v) is 5.05. The molecule has 1 saturated heterocycles. The maximum atomic E-state index is 12.8. The van der Waals surface area contributed by atoms with Crippen LogP contribution < -0.4 is 0 Å². The lowest BCUT2D eigenvalue weighted by atomic mass is 10.0. The fourth-order valence-electron chi connectivity index (χ4n) is 3.75. The maximum Gasteiger partial charge on any atom is 0.227 e. The van der Waals surface area contributed by atoms with Gasteiger partial charge in [-0.25, -0.2) is 0 Å². The smallest absolute Gasteiger partial charge is 0.227 e. The maximum absolute atomic E-state index is 12.8. The SMILES string of the molecule is Cc1noc(C)c1C1CCCN1C(=O)CCc1nc(-c2ccccc2)no1. The minimum absolute atomic E-state index is 0.0475. The summed E-state index contributed by atoms with van der Waals surface area (Å²) < 4.78 is 10.6. The zero-order valence-corrected chi connectivity index (χ0v) is 15.5. The number of hydrogen-bond donors (Lipinski definition) is 0. The molecule has 27 heavy (non-hydrogen) atoms. The Bertz CT molecular complexity index is 912. The monoisotopic (exact) mass is 366 g/mol. The summed E-state index contributed by atoms with van der Waals surface area (Å²) in [5, 5.41) is 8.04. The molecule has 140 valence electrons. The van der Waals surface area contributed by atoms with Crippen LogP contribution >= 0.6 is 0 Å². The zero-order valence-electron chi connectivity index (χ0n) is 15.5. The summed E-state index contributed by atoms with van der Waals surface area (Å²) in [7, 11) is 0. The lowest BCUT2D eigenvalue weighted by Gasteiger charge is -2.24. The highest BCUT2D eigenvalue weighted by atomic mass is 16.5. The van der Waals surface area contributed by atoms with Crippen molar-refractivity contribution in [3.05, 3.63) is 53.2 Å². The van der Waals surface area contributed by atoms with Crippen LogP contribution in [0.25, 0.3) is 11.4 Å². The van der Waals surface area contributed by atoms with E-state index < -0.39 is 0 Å². The quantitative estimate of drug-likeness (QED) is 0.685. The second kappa shape index (κ2) is 7.34. The van der Waals surface area contributed by atoms with E-state index >= 15 is 0 Å². The van der Waals surface area contributed by atoms with E-state index in [-0.39, 0.29) is 11.9 Å². The van der Waals surface area contributed by atoms with Gasteiger partial charge < -0.3 is 13.9 Å². The molecule has 1 aliphatic rings. The normalized spacial score (nSPS) is 16.8. The number of amides is 1. The first-order valence-corrected chi connectivity index (χ1v) is 9.23. The summed E-state index contributed by atoms with van der Waals surface area (Å²) in [4.78, 5) is 19.1.